The van der Waals surface area contributed by atoms with Gasteiger partial charge in [-0.25, -0.2) is 0 Å². The van der Waals surface area contributed by atoms with Crippen molar-refractivity contribution in [3.8, 4) is 0 Å². The van der Waals surface area contributed by atoms with Gasteiger partial charge in [0.15, 0.2) is 5.41 Å². The number of hydrogen-bond acceptors (Lipinski definition) is 2. The minimum absolute atomic E-state index is 0.0249. The number of fused-ring (bicyclic) bond motifs is 9. The first kappa shape index (κ1) is 23.4. The first-order valence-corrected chi connectivity index (χ1v) is 13.0. The number of unbranched alkanes of at least 4 members (excludes halogenated alkanes) is 7. The lowest BCUT2D eigenvalue weighted by atomic mass is 9.57. The summed E-state index contributed by atoms with van der Waals surface area (Å²) in [4.78, 5) is 13.0. The molecule has 0 aromatic carbocycles. The van der Waals surface area contributed by atoms with Crippen LogP contribution in [0.2, 0.25) is 0 Å². The van der Waals surface area contributed by atoms with Gasteiger partial charge in [0.25, 0.3) is 0 Å². The van der Waals surface area contributed by atoms with Gasteiger partial charge < -0.3 is 4.74 Å². The van der Waals surface area contributed by atoms with E-state index in [0.717, 1.165) is 25.7 Å². The minimum atomic E-state index is -4.51. The van der Waals surface area contributed by atoms with E-state index in [1.54, 1.807) is 0 Å². The van der Waals surface area contributed by atoms with Crippen LogP contribution < -0.4 is 0 Å². The van der Waals surface area contributed by atoms with Crippen LogP contribution in [0.3, 0.4) is 0 Å². The number of ether oxygens (including phenoxy) is 1. The van der Waals surface area contributed by atoms with Gasteiger partial charge in [0.1, 0.15) is 0 Å². The van der Waals surface area contributed by atoms with E-state index in [4.69, 9.17) is 4.74 Å². The smallest absolute Gasteiger partial charge is 0.405 e. The lowest BCUT2D eigenvalue weighted by molar-refractivity contribution is -0.258. The molecule has 9 atom stereocenters. The van der Waals surface area contributed by atoms with Crippen molar-refractivity contribution in [2.45, 2.75) is 97.6 Å². The van der Waals surface area contributed by atoms with Crippen molar-refractivity contribution < 1.29 is 22.7 Å². The highest BCUT2D eigenvalue weighted by molar-refractivity contribution is 5.79. The number of rotatable bonds is 10. The summed E-state index contributed by atoms with van der Waals surface area (Å²) < 4.78 is 48.8. The van der Waals surface area contributed by atoms with Crippen LogP contribution in [-0.4, -0.2) is 18.8 Å². The molecule has 0 spiro atoms. The Morgan fingerprint density at radius 2 is 1.48 bits per heavy atom. The average Bonchev–Trinajstić information content (AvgIpc) is 3.45. The second kappa shape index (κ2) is 8.89. The van der Waals surface area contributed by atoms with Crippen LogP contribution in [0.5, 0.6) is 0 Å². The van der Waals surface area contributed by atoms with E-state index in [1.165, 1.54) is 25.7 Å². The molecule has 0 amide bonds. The molecule has 4 saturated carbocycles. The molecular formula is C26H41F3O2. The number of carbonyl (C=O) groups is 1. The average molecular weight is 443 g/mol. The molecule has 4 aliphatic rings. The van der Waals surface area contributed by atoms with E-state index in [0.29, 0.717) is 42.4 Å². The fraction of sp³-hybridized carbons (Fsp3) is 0.962. The standard InChI is InChI=1S/C26H41F3O2/c1-4-5-6-7-8-9-10-11-12-31-24(30)25(26(27,28)29)15-18-13-21(25)23-20-14-19(22(18)23)16(2)17(20)3/h16-23H,4-15H2,1-3H3. The maximum Gasteiger partial charge on any atom is 0.405 e. The summed E-state index contributed by atoms with van der Waals surface area (Å²) in [7, 11) is 0. The molecule has 9 unspecified atom stereocenters. The zero-order valence-electron chi connectivity index (χ0n) is 19.6. The molecule has 0 aliphatic heterocycles. The lowest BCUT2D eigenvalue weighted by Crippen LogP contribution is -2.55. The molecule has 0 heterocycles. The molecule has 0 radical (unpaired) electrons. The van der Waals surface area contributed by atoms with Gasteiger partial charge in [0.05, 0.1) is 6.61 Å². The summed E-state index contributed by atoms with van der Waals surface area (Å²) in [6.45, 7) is 6.83. The van der Waals surface area contributed by atoms with Crippen LogP contribution in [0.25, 0.3) is 0 Å². The van der Waals surface area contributed by atoms with Crippen molar-refractivity contribution in [3.63, 3.8) is 0 Å². The SMILES string of the molecule is CCCCCCCCCCOC(=O)C1(C(F)(F)F)CC2CC1C1C3CC(C(C)C3C)C21. The van der Waals surface area contributed by atoms with Gasteiger partial charge in [-0.05, 0) is 73.0 Å². The lowest BCUT2D eigenvalue weighted by Gasteiger charge is -2.48. The monoisotopic (exact) mass is 442 g/mol. The van der Waals surface area contributed by atoms with Gasteiger partial charge >= 0.3 is 12.1 Å². The Morgan fingerprint density at radius 3 is 2.10 bits per heavy atom. The summed E-state index contributed by atoms with van der Waals surface area (Å²) in [6, 6.07) is 0. The molecule has 4 rings (SSSR count). The van der Waals surface area contributed by atoms with E-state index < -0.39 is 23.5 Å². The fourth-order valence-corrected chi connectivity index (χ4v) is 8.50. The Kier molecular flexibility index (Phi) is 6.72. The Balaban J connectivity index is 1.34. The van der Waals surface area contributed by atoms with Crippen molar-refractivity contribution in [2.24, 2.45) is 52.8 Å². The molecule has 0 aromatic heterocycles. The predicted octanol–water partition coefficient (Wildman–Crippen LogP) is 7.41. The maximum absolute atomic E-state index is 14.5. The predicted molar refractivity (Wildman–Crippen MR) is 115 cm³/mol. The summed E-state index contributed by atoms with van der Waals surface area (Å²) >= 11 is 0. The maximum atomic E-state index is 14.5. The molecule has 0 aromatic rings. The van der Waals surface area contributed by atoms with Gasteiger partial charge in [-0.3, -0.25) is 4.79 Å². The molecule has 4 bridgehead atoms. The van der Waals surface area contributed by atoms with E-state index in [1.807, 2.05) is 0 Å². The normalized spacial score (nSPS) is 42.9. The van der Waals surface area contributed by atoms with E-state index in [2.05, 4.69) is 20.8 Å². The molecule has 5 heteroatoms. The third kappa shape index (κ3) is 3.74. The number of halogens is 3. The summed E-state index contributed by atoms with van der Waals surface area (Å²) in [5, 5.41) is 0. The van der Waals surface area contributed by atoms with Crippen LogP contribution in [0.4, 0.5) is 13.2 Å². The topological polar surface area (TPSA) is 26.3 Å². The Labute approximate surface area is 186 Å². The van der Waals surface area contributed by atoms with Crippen LogP contribution in [0.1, 0.15) is 91.4 Å². The van der Waals surface area contributed by atoms with E-state index >= 15 is 0 Å². The van der Waals surface area contributed by atoms with Gasteiger partial charge in [-0.2, -0.15) is 13.2 Å². The number of carbonyl (C=O) groups excluding carboxylic acids is 1. The zero-order valence-corrected chi connectivity index (χ0v) is 19.6. The highest BCUT2D eigenvalue weighted by atomic mass is 19.4. The second-order valence-corrected chi connectivity index (χ2v) is 11.3. The third-order valence-electron chi connectivity index (χ3n) is 10.0. The van der Waals surface area contributed by atoms with Gasteiger partial charge in [-0.1, -0.05) is 65.7 Å². The fourth-order valence-electron chi connectivity index (χ4n) is 8.50. The molecule has 4 aliphatic carbocycles. The number of alkyl halides is 3. The number of esters is 1. The molecule has 2 nitrogen and oxygen atoms in total. The van der Waals surface area contributed by atoms with Gasteiger partial charge in [-0.15, -0.1) is 0 Å². The zero-order chi connectivity index (χ0) is 22.4. The van der Waals surface area contributed by atoms with Crippen LogP contribution in [0.15, 0.2) is 0 Å². The Morgan fingerprint density at radius 1 is 0.903 bits per heavy atom. The molecular weight excluding hydrogens is 401 g/mol. The largest absolute Gasteiger partial charge is 0.465 e. The highest BCUT2D eigenvalue weighted by Crippen LogP contribution is 2.76. The number of hydrogen-bond donors (Lipinski definition) is 0. The minimum Gasteiger partial charge on any atom is -0.465 e. The van der Waals surface area contributed by atoms with E-state index in [-0.39, 0.29) is 24.9 Å². The summed E-state index contributed by atoms with van der Waals surface area (Å²) in [5.74, 6) is 1.05. The molecule has 31 heavy (non-hydrogen) atoms. The Hall–Kier alpha value is -0.740. The molecule has 0 saturated heterocycles. The van der Waals surface area contributed by atoms with Gasteiger partial charge in [0, 0.05) is 0 Å². The van der Waals surface area contributed by atoms with Crippen LogP contribution >= 0.6 is 0 Å². The quantitative estimate of drug-likeness (QED) is 0.200. The van der Waals surface area contributed by atoms with Crippen LogP contribution in [0, 0.1) is 52.8 Å². The highest BCUT2D eigenvalue weighted by Gasteiger charge is 2.78. The van der Waals surface area contributed by atoms with Crippen molar-refractivity contribution in [3.05, 3.63) is 0 Å². The second-order valence-electron chi connectivity index (χ2n) is 11.3. The van der Waals surface area contributed by atoms with Crippen molar-refractivity contribution in [1.82, 2.24) is 0 Å². The molecule has 4 fully saturated rings. The first-order valence-electron chi connectivity index (χ1n) is 13.0. The van der Waals surface area contributed by atoms with Gasteiger partial charge in [0.2, 0.25) is 0 Å². The van der Waals surface area contributed by atoms with Crippen LogP contribution in [-0.2, 0) is 9.53 Å². The first-order chi connectivity index (χ1) is 14.7. The van der Waals surface area contributed by atoms with Crippen molar-refractivity contribution in [1.29, 1.82) is 0 Å². The third-order valence-corrected chi connectivity index (χ3v) is 10.0. The van der Waals surface area contributed by atoms with Crippen molar-refractivity contribution >= 4 is 5.97 Å². The summed E-state index contributed by atoms with van der Waals surface area (Å²) in [6.07, 6.45) is 5.90. The molecule has 178 valence electrons. The summed E-state index contributed by atoms with van der Waals surface area (Å²) in [5.41, 5.74) is -2.24. The van der Waals surface area contributed by atoms with E-state index in [9.17, 15) is 18.0 Å². The Bertz CT molecular complexity index is 647. The molecule has 0 N–H and O–H groups in total. The van der Waals surface area contributed by atoms with Crippen molar-refractivity contribution in [2.75, 3.05) is 6.61 Å².